The number of guanidine groups is 1. The summed E-state index contributed by atoms with van der Waals surface area (Å²) in [6.07, 6.45) is 1.66. The van der Waals surface area contributed by atoms with E-state index in [1.807, 2.05) is 11.6 Å². The maximum Gasteiger partial charge on any atom is 0.310 e. The SMILES string of the molecule is CN=C(NCc1nncn1C)N1CC(C)C(C(=O)OC)C1. The Morgan fingerprint density at radius 2 is 2.33 bits per heavy atom. The molecular formula is C13H22N6O2. The third-order valence-electron chi connectivity index (χ3n) is 3.84. The first-order valence-corrected chi connectivity index (χ1v) is 6.93. The average Bonchev–Trinajstić information content (AvgIpc) is 3.05. The molecule has 2 heterocycles. The van der Waals surface area contributed by atoms with Crippen LogP contribution in [0.3, 0.4) is 0 Å². The van der Waals surface area contributed by atoms with Gasteiger partial charge in [0.1, 0.15) is 6.33 Å². The maximum absolute atomic E-state index is 11.7. The van der Waals surface area contributed by atoms with Gasteiger partial charge in [-0.2, -0.15) is 0 Å². The molecule has 0 saturated carbocycles. The Morgan fingerprint density at radius 3 is 2.90 bits per heavy atom. The molecule has 0 amide bonds. The summed E-state index contributed by atoms with van der Waals surface area (Å²) >= 11 is 0. The Morgan fingerprint density at radius 1 is 1.57 bits per heavy atom. The summed E-state index contributed by atoms with van der Waals surface area (Å²) in [4.78, 5) is 18.1. The monoisotopic (exact) mass is 294 g/mol. The molecule has 0 bridgehead atoms. The van der Waals surface area contributed by atoms with Crippen molar-refractivity contribution in [3.05, 3.63) is 12.2 Å². The molecule has 8 heteroatoms. The summed E-state index contributed by atoms with van der Waals surface area (Å²) in [6.45, 7) is 3.99. The zero-order valence-electron chi connectivity index (χ0n) is 12.9. The number of methoxy groups -OCH3 is 1. The van der Waals surface area contributed by atoms with Gasteiger partial charge in [0.25, 0.3) is 0 Å². The maximum atomic E-state index is 11.7. The molecule has 0 aliphatic carbocycles. The number of carbonyl (C=O) groups excluding carboxylic acids is 1. The molecule has 2 rings (SSSR count). The quantitative estimate of drug-likeness (QED) is 0.465. The fourth-order valence-electron chi connectivity index (χ4n) is 2.56. The molecule has 116 valence electrons. The predicted molar refractivity (Wildman–Crippen MR) is 77.4 cm³/mol. The van der Waals surface area contributed by atoms with Crippen LogP contribution in [0.5, 0.6) is 0 Å². The highest BCUT2D eigenvalue weighted by Gasteiger charge is 2.36. The molecule has 8 nitrogen and oxygen atoms in total. The van der Waals surface area contributed by atoms with Gasteiger partial charge in [-0.05, 0) is 5.92 Å². The molecule has 2 atom stereocenters. The van der Waals surface area contributed by atoms with E-state index < -0.39 is 0 Å². The molecule has 1 aromatic rings. The van der Waals surface area contributed by atoms with E-state index in [-0.39, 0.29) is 17.8 Å². The molecule has 1 aliphatic rings. The van der Waals surface area contributed by atoms with Crippen molar-refractivity contribution in [2.45, 2.75) is 13.5 Å². The van der Waals surface area contributed by atoms with Crippen molar-refractivity contribution in [2.75, 3.05) is 27.2 Å². The van der Waals surface area contributed by atoms with Gasteiger partial charge >= 0.3 is 5.97 Å². The number of nitrogens with zero attached hydrogens (tertiary/aromatic N) is 5. The summed E-state index contributed by atoms with van der Waals surface area (Å²) in [7, 11) is 5.05. The van der Waals surface area contributed by atoms with Crippen LogP contribution in [0.15, 0.2) is 11.3 Å². The minimum atomic E-state index is -0.159. The lowest BCUT2D eigenvalue weighted by Crippen LogP contribution is -2.40. The Hall–Kier alpha value is -2.12. The Labute approximate surface area is 124 Å². The van der Waals surface area contributed by atoms with Gasteiger partial charge in [0, 0.05) is 27.2 Å². The van der Waals surface area contributed by atoms with Crippen LogP contribution in [-0.2, 0) is 23.1 Å². The number of nitrogens with one attached hydrogen (secondary N) is 1. The third-order valence-corrected chi connectivity index (χ3v) is 3.84. The summed E-state index contributed by atoms with van der Waals surface area (Å²) < 4.78 is 6.70. The zero-order valence-corrected chi connectivity index (χ0v) is 12.9. The van der Waals surface area contributed by atoms with Crippen LogP contribution >= 0.6 is 0 Å². The van der Waals surface area contributed by atoms with Crippen molar-refractivity contribution in [2.24, 2.45) is 23.9 Å². The standard InChI is InChI=1S/C13H22N6O2/c1-9-6-19(7-10(9)12(20)21-4)13(14-2)15-5-11-17-16-8-18(11)3/h8-10H,5-7H2,1-4H3,(H,14,15). The number of hydrogen-bond acceptors (Lipinski definition) is 5. The van der Waals surface area contributed by atoms with Crippen molar-refractivity contribution >= 4 is 11.9 Å². The van der Waals surface area contributed by atoms with E-state index in [4.69, 9.17) is 4.74 Å². The van der Waals surface area contributed by atoms with Crippen molar-refractivity contribution in [1.82, 2.24) is 25.0 Å². The molecule has 1 saturated heterocycles. The van der Waals surface area contributed by atoms with Gasteiger partial charge in [-0.3, -0.25) is 9.79 Å². The summed E-state index contributed by atoms with van der Waals surface area (Å²) in [5.41, 5.74) is 0. The summed E-state index contributed by atoms with van der Waals surface area (Å²) in [5.74, 6) is 1.56. The fraction of sp³-hybridized carbons (Fsp3) is 0.692. The zero-order chi connectivity index (χ0) is 15.4. The van der Waals surface area contributed by atoms with Crippen LogP contribution in [0.1, 0.15) is 12.7 Å². The lowest BCUT2D eigenvalue weighted by molar-refractivity contribution is -0.145. The molecule has 2 unspecified atom stereocenters. The first-order valence-electron chi connectivity index (χ1n) is 6.93. The number of carbonyl (C=O) groups is 1. The topological polar surface area (TPSA) is 84.6 Å². The molecule has 21 heavy (non-hydrogen) atoms. The van der Waals surface area contributed by atoms with Crippen molar-refractivity contribution in [3.63, 3.8) is 0 Å². The smallest absolute Gasteiger partial charge is 0.310 e. The fourth-order valence-corrected chi connectivity index (χ4v) is 2.56. The van der Waals surface area contributed by atoms with E-state index in [2.05, 4.69) is 32.3 Å². The number of aromatic nitrogens is 3. The second-order valence-electron chi connectivity index (χ2n) is 5.27. The van der Waals surface area contributed by atoms with Gasteiger partial charge in [0.2, 0.25) is 0 Å². The minimum Gasteiger partial charge on any atom is -0.469 e. The first-order chi connectivity index (χ1) is 10.1. The molecular weight excluding hydrogens is 272 g/mol. The second-order valence-corrected chi connectivity index (χ2v) is 5.27. The average molecular weight is 294 g/mol. The summed E-state index contributed by atoms with van der Waals surface area (Å²) in [6, 6.07) is 0. The second kappa shape index (κ2) is 6.55. The highest BCUT2D eigenvalue weighted by molar-refractivity contribution is 5.82. The number of hydrogen-bond donors (Lipinski definition) is 1. The Balaban J connectivity index is 1.96. The van der Waals surface area contributed by atoms with Crippen LogP contribution in [0.2, 0.25) is 0 Å². The predicted octanol–water partition coefficient (Wildman–Crippen LogP) is -0.369. The molecule has 1 fully saturated rings. The number of aryl methyl sites for hydroxylation is 1. The highest BCUT2D eigenvalue weighted by Crippen LogP contribution is 2.24. The van der Waals surface area contributed by atoms with Gasteiger partial charge < -0.3 is 19.5 Å². The molecule has 1 aromatic heterocycles. The van der Waals surface area contributed by atoms with Crippen LogP contribution < -0.4 is 5.32 Å². The van der Waals surface area contributed by atoms with E-state index in [1.54, 1.807) is 13.4 Å². The van der Waals surface area contributed by atoms with Crippen molar-refractivity contribution in [3.8, 4) is 0 Å². The van der Waals surface area contributed by atoms with Gasteiger partial charge in [-0.25, -0.2) is 0 Å². The van der Waals surface area contributed by atoms with E-state index in [0.29, 0.717) is 13.1 Å². The normalized spacial score (nSPS) is 22.5. The number of aliphatic imine (C=N–C) groups is 1. The van der Waals surface area contributed by atoms with E-state index in [9.17, 15) is 4.79 Å². The van der Waals surface area contributed by atoms with E-state index in [0.717, 1.165) is 18.3 Å². The van der Waals surface area contributed by atoms with Crippen LogP contribution in [0.4, 0.5) is 0 Å². The van der Waals surface area contributed by atoms with Crippen LogP contribution in [0.25, 0.3) is 0 Å². The Kier molecular flexibility index (Phi) is 4.77. The highest BCUT2D eigenvalue weighted by atomic mass is 16.5. The number of ether oxygens (including phenoxy) is 1. The number of rotatable bonds is 3. The van der Waals surface area contributed by atoms with Gasteiger partial charge in [0.05, 0.1) is 19.6 Å². The number of esters is 1. The van der Waals surface area contributed by atoms with Gasteiger partial charge in [-0.15, -0.1) is 10.2 Å². The third kappa shape index (κ3) is 3.32. The van der Waals surface area contributed by atoms with Crippen molar-refractivity contribution in [1.29, 1.82) is 0 Å². The van der Waals surface area contributed by atoms with Crippen LogP contribution in [-0.4, -0.2) is 58.8 Å². The molecule has 1 aliphatic heterocycles. The molecule has 0 spiro atoms. The first kappa shape index (κ1) is 15.3. The molecule has 0 radical (unpaired) electrons. The lowest BCUT2D eigenvalue weighted by atomic mass is 9.99. The van der Waals surface area contributed by atoms with E-state index >= 15 is 0 Å². The lowest BCUT2D eigenvalue weighted by Gasteiger charge is -2.21. The van der Waals surface area contributed by atoms with Crippen molar-refractivity contribution < 1.29 is 9.53 Å². The number of likely N-dealkylation sites (tertiary alicyclic amines) is 1. The minimum absolute atomic E-state index is 0.108. The molecule has 0 aromatic carbocycles. The summed E-state index contributed by atoms with van der Waals surface area (Å²) in [5, 5.41) is 11.1. The Bertz CT molecular complexity index is 526. The van der Waals surface area contributed by atoms with Crippen LogP contribution in [0, 0.1) is 11.8 Å². The van der Waals surface area contributed by atoms with Gasteiger partial charge in [0.15, 0.2) is 11.8 Å². The molecule has 1 N–H and O–H groups in total. The van der Waals surface area contributed by atoms with E-state index in [1.165, 1.54) is 7.11 Å². The van der Waals surface area contributed by atoms with Gasteiger partial charge in [-0.1, -0.05) is 6.92 Å². The largest absolute Gasteiger partial charge is 0.469 e.